The Balaban J connectivity index is 1.39. The zero-order valence-corrected chi connectivity index (χ0v) is 19.4. The van der Waals surface area contributed by atoms with Gasteiger partial charge in [0, 0.05) is 11.5 Å². The van der Waals surface area contributed by atoms with Crippen molar-refractivity contribution in [2.24, 2.45) is 22.2 Å². The third-order valence-corrected chi connectivity index (χ3v) is 11.3. The van der Waals surface area contributed by atoms with Gasteiger partial charge >= 0.3 is 11.4 Å². The molecular weight excluding hydrogens is 410 g/mol. The van der Waals surface area contributed by atoms with E-state index in [1.807, 2.05) is 4.68 Å². The molecule has 0 N–H and O–H groups in total. The van der Waals surface area contributed by atoms with Crippen LogP contribution in [0.1, 0.15) is 69.3 Å². The van der Waals surface area contributed by atoms with Crippen LogP contribution in [0.5, 0.6) is 0 Å². The van der Waals surface area contributed by atoms with E-state index in [-0.39, 0.29) is 51.2 Å². The summed E-state index contributed by atoms with van der Waals surface area (Å²) >= 11 is 0. The van der Waals surface area contributed by atoms with Crippen molar-refractivity contribution < 1.29 is 0 Å². The standard InChI is InChI=1S/C28H29N3O2/c1-25(2)18-11-12-26(25,3)22(16-18)29-23(32)30-20-8-9-21(31(30)24(29)33)28-15-14-27(20,28)13-10-17-6-4-5-7-19(17)28/h4-10,13-15,18,20-22H,11-12,16H2,1-3H3/t18-,20-,21-,22-,26+,27+,28+/m1/s1. The molecule has 2 saturated carbocycles. The third-order valence-electron chi connectivity index (χ3n) is 11.3. The predicted octanol–water partition coefficient (Wildman–Crippen LogP) is 4.39. The van der Waals surface area contributed by atoms with Crippen molar-refractivity contribution in [1.82, 2.24) is 13.9 Å². The van der Waals surface area contributed by atoms with Gasteiger partial charge in [-0.1, -0.05) is 81.5 Å². The van der Waals surface area contributed by atoms with E-state index in [4.69, 9.17) is 0 Å². The molecule has 1 aromatic heterocycles. The smallest absolute Gasteiger partial charge is 0.246 e. The maximum absolute atomic E-state index is 14.1. The summed E-state index contributed by atoms with van der Waals surface area (Å²) in [6.45, 7) is 6.99. The molecule has 1 aromatic carbocycles. The van der Waals surface area contributed by atoms with Gasteiger partial charge in [-0.2, -0.15) is 0 Å². The van der Waals surface area contributed by atoms with Crippen LogP contribution in [0.2, 0.25) is 0 Å². The van der Waals surface area contributed by atoms with Gasteiger partial charge in [-0.15, -0.1) is 0 Å². The van der Waals surface area contributed by atoms with E-state index in [9.17, 15) is 9.59 Å². The van der Waals surface area contributed by atoms with Crippen LogP contribution in [-0.2, 0) is 5.41 Å². The van der Waals surface area contributed by atoms with Crippen LogP contribution in [0, 0.1) is 22.2 Å². The molecule has 0 saturated heterocycles. The van der Waals surface area contributed by atoms with Crippen molar-refractivity contribution in [2.75, 3.05) is 0 Å². The molecule has 2 aromatic rings. The summed E-state index contributed by atoms with van der Waals surface area (Å²) in [6.07, 6.45) is 16.6. The first kappa shape index (κ1) is 18.6. The summed E-state index contributed by atoms with van der Waals surface area (Å²) in [4.78, 5) is 28.2. The first-order valence-electron chi connectivity index (χ1n) is 12.4. The van der Waals surface area contributed by atoms with Gasteiger partial charge in [0.25, 0.3) is 0 Å². The van der Waals surface area contributed by atoms with Crippen LogP contribution >= 0.6 is 0 Å². The van der Waals surface area contributed by atoms with Gasteiger partial charge in [0.15, 0.2) is 0 Å². The van der Waals surface area contributed by atoms with Gasteiger partial charge in [0.05, 0.1) is 17.5 Å². The lowest BCUT2D eigenvalue weighted by Crippen LogP contribution is -2.66. The Labute approximate surface area is 192 Å². The average molecular weight is 440 g/mol. The molecule has 33 heavy (non-hydrogen) atoms. The van der Waals surface area contributed by atoms with Crippen molar-refractivity contribution in [3.8, 4) is 0 Å². The lowest BCUT2D eigenvalue weighted by Gasteiger charge is -2.65. The second-order valence-electron chi connectivity index (χ2n) is 12.1. The molecule has 7 aliphatic rings. The van der Waals surface area contributed by atoms with Gasteiger partial charge in [-0.25, -0.2) is 23.5 Å². The molecule has 168 valence electrons. The Morgan fingerprint density at radius 1 is 0.909 bits per heavy atom. The van der Waals surface area contributed by atoms with E-state index in [2.05, 4.69) is 81.5 Å². The van der Waals surface area contributed by atoms with E-state index in [0.717, 1.165) is 12.8 Å². The van der Waals surface area contributed by atoms with Crippen LogP contribution in [-0.4, -0.2) is 13.9 Å². The maximum Gasteiger partial charge on any atom is 0.348 e. The van der Waals surface area contributed by atoms with Crippen molar-refractivity contribution in [1.29, 1.82) is 0 Å². The van der Waals surface area contributed by atoms with Crippen LogP contribution in [0.15, 0.2) is 64.2 Å². The topological polar surface area (TPSA) is 48.9 Å². The molecule has 4 bridgehead atoms. The first-order valence-corrected chi connectivity index (χ1v) is 12.4. The van der Waals surface area contributed by atoms with Gasteiger partial charge in [-0.05, 0) is 47.1 Å². The minimum Gasteiger partial charge on any atom is -0.246 e. The van der Waals surface area contributed by atoms with Crippen molar-refractivity contribution in [2.45, 2.75) is 63.6 Å². The number of allylic oxidation sites excluding steroid dienone is 5. The largest absolute Gasteiger partial charge is 0.348 e. The van der Waals surface area contributed by atoms with E-state index in [1.165, 1.54) is 17.5 Å². The Bertz CT molecular complexity index is 1480. The van der Waals surface area contributed by atoms with E-state index < -0.39 is 0 Å². The molecule has 0 unspecified atom stereocenters. The summed E-state index contributed by atoms with van der Waals surface area (Å²) < 4.78 is 5.27. The lowest BCUT2D eigenvalue weighted by molar-refractivity contribution is 0.0438. The highest BCUT2D eigenvalue weighted by Crippen LogP contribution is 2.71. The molecule has 2 fully saturated rings. The fourth-order valence-corrected chi connectivity index (χ4v) is 9.07. The number of nitrogens with zero attached hydrogens (tertiary/aromatic N) is 3. The van der Waals surface area contributed by atoms with Crippen LogP contribution in [0.3, 0.4) is 0 Å². The maximum atomic E-state index is 14.1. The van der Waals surface area contributed by atoms with Crippen molar-refractivity contribution in [3.63, 3.8) is 0 Å². The molecule has 5 heteroatoms. The average Bonchev–Trinajstić information content (AvgIpc) is 3.26. The predicted molar refractivity (Wildman–Crippen MR) is 127 cm³/mol. The van der Waals surface area contributed by atoms with E-state index >= 15 is 0 Å². The number of benzene rings is 1. The first-order chi connectivity index (χ1) is 15.8. The Hall–Kier alpha value is -2.82. The summed E-state index contributed by atoms with van der Waals surface area (Å²) in [7, 11) is 0. The summed E-state index contributed by atoms with van der Waals surface area (Å²) in [5.74, 6) is 0.572. The molecule has 9 rings (SSSR count). The van der Waals surface area contributed by atoms with Gasteiger partial charge in [0.1, 0.15) is 0 Å². The molecule has 0 amide bonds. The molecule has 7 atom stereocenters. The fourth-order valence-electron chi connectivity index (χ4n) is 9.07. The van der Waals surface area contributed by atoms with E-state index in [0.29, 0.717) is 5.92 Å². The molecule has 5 nitrogen and oxygen atoms in total. The number of fused-ring (bicyclic) bond motifs is 3. The zero-order chi connectivity index (χ0) is 22.5. The normalized spacial score (nSPS) is 43.7. The van der Waals surface area contributed by atoms with Gasteiger partial charge < -0.3 is 0 Å². The Morgan fingerprint density at radius 3 is 2.30 bits per heavy atom. The van der Waals surface area contributed by atoms with Crippen molar-refractivity contribution >= 4 is 6.08 Å². The summed E-state index contributed by atoms with van der Waals surface area (Å²) in [5, 5.41) is 0. The molecular formula is C28H29N3O2. The molecule has 2 aliphatic heterocycles. The molecule has 5 aliphatic carbocycles. The van der Waals surface area contributed by atoms with Crippen LogP contribution < -0.4 is 11.4 Å². The highest BCUT2D eigenvalue weighted by atomic mass is 16.2. The van der Waals surface area contributed by atoms with Crippen LogP contribution in [0.4, 0.5) is 0 Å². The summed E-state index contributed by atoms with van der Waals surface area (Å²) in [6, 6.07) is 8.12. The zero-order valence-electron chi connectivity index (χ0n) is 19.4. The SMILES string of the molecule is CC1(C)[C@@H]2CC[C@@]1(C)[C@H](n1c(=O)n3n(c1=O)[C@@H]1C=C[C@@H]3[C@@]34C=Cc5ccccc5[C@@]13C=C4)C2. The van der Waals surface area contributed by atoms with E-state index in [1.54, 1.807) is 9.25 Å². The van der Waals surface area contributed by atoms with Gasteiger partial charge in [-0.3, -0.25) is 0 Å². The van der Waals surface area contributed by atoms with Crippen molar-refractivity contribution in [3.05, 3.63) is 86.7 Å². The second kappa shape index (κ2) is 5.13. The lowest BCUT2D eigenvalue weighted by atomic mass is 9.42. The number of hydrogen-bond donors (Lipinski definition) is 0. The highest BCUT2D eigenvalue weighted by molar-refractivity contribution is 5.70. The number of hydrogen-bond acceptors (Lipinski definition) is 2. The quantitative estimate of drug-likeness (QED) is 0.619. The monoisotopic (exact) mass is 439 g/mol. The minimum absolute atomic E-state index is 0.0262. The summed E-state index contributed by atoms with van der Waals surface area (Å²) in [5.41, 5.74) is 1.75. The minimum atomic E-state index is -0.307. The Kier molecular flexibility index (Phi) is 2.89. The third kappa shape index (κ3) is 1.60. The molecule has 0 spiro atoms. The fraction of sp³-hybridized carbons (Fsp3) is 0.500. The van der Waals surface area contributed by atoms with Crippen LogP contribution in [0.25, 0.3) is 6.08 Å². The van der Waals surface area contributed by atoms with Gasteiger partial charge in [0.2, 0.25) is 0 Å². The molecule has 0 radical (unpaired) electrons. The number of rotatable bonds is 1. The highest BCUT2D eigenvalue weighted by Gasteiger charge is 2.69. The second-order valence-corrected chi connectivity index (χ2v) is 12.1. The molecule has 3 heterocycles. The number of aromatic nitrogens is 3. The Morgan fingerprint density at radius 2 is 1.64 bits per heavy atom.